The van der Waals surface area contributed by atoms with Crippen LogP contribution in [0.3, 0.4) is 0 Å². The molecule has 4 rings (SSSR count). The Bertz CT molecular complexity index is 1220. The normalized spacial score (nSPS) is 16.5. The first kappa shape index (κ1) is 22.6. The summed E-state index contributed by atoms with van der Waals surface area (Å²) in [6.07, 6.45) is 3.09. The smallest absolute Gasteiger partial charge is 0.255 e. The minimum atomic E-state index is -3.07. The summed E-state index contributed by atoms with van der Waals surface area (Å²) in [6, 6.07) is 18.8. The van der Waals surface area contributed by atoms with E-state index in [4.69, 9.17) is 0 Å². The minimum Gasteiger partial charge on any atom is -0.324 e. The lowest BCUT2D eigenvalue weighted by atomic mass is 10.0. The van der Waals surface area contributed by atoms with E-state index in [1.807, 2.05) is 35.2 Å². The molecule has 33 heavy (non-hydrogen) atoms. The predicted molar refractivity (Wildman–Crippen MR) is 127 cm³/mol. The van der Waals surface area contributed by atoms with Crippen molar-refractivity contribution in [2.45, 2.75) is 6.04 Å². The van der Waals surface area contributed by atoms with Gasteiger partial charge in [-0.15, -0.1) is 0 Å². The van der Waals surface area contributed by atoms with E-state index in [9.17, 15) is 18.0 Å². The van der Waals surface area contributed by atoms with Crippen LogP contribution in [0.4, 0.5) is 11.4 Å². The Hall–Kier alpha value is -3.56. The van der Waals surface area contributed by atoms with E-state index in [2.05, 4.69) is 15.6 Å². The highest BCUT2D eigenvalue weighted by atomic mass is 32.2. The molecule has 2 amide bonds. The van der Waals surface area contributed by atoms with Crippen molar-refractivity contribution in [2.75, 3.05) is 35.2 Å². The van der Waals surface area contributed by atoms with E-state index >= 15 is 0 Å². The van der Waals surface area contributed by atoms with Crippen LogP contribution >= 0.6 is 0 Å². The van der Waals surface area contributed by atoms with Crippen molar-refractivity contribution < 1.29 is 18.0 Å². The fraction of sp³-hybridized carbons (Fsp3) is 0.208. The number of rotatable bonds is 6. The second-order valence-electron chi connectivity index (χ2n) is 7.76. The molecule has 0 aliphatic carbocycles. The molecule has 8 nitrogen and oxygen atoms in total. The van der Waals surface area contributed by atoms with Gasteiger partial charge in [-0.2, -0.15) is 0 Å². The number of sulfone groups is 1. The van der Waals surface area contributed by atoms with E-state index < -0.39 is 15.9 Å². The van der Waals surface area contributed by atoms with Gasteiger partial charge in [0.15, 0.2) is 9.84 Å². The summed E-state index contributed by atoms with van der Waals surface area (Å²) < 4.78 is 23.8. The summed E-state index contributed by atoms with van der Waals surface area (Å²) in [4.78, 5) is 31.5. The third-order valence-corrected chi connectivity index (χ3v) is 7.05. The van der Waals surface area contributed by atoms with Gasteiger partial charge >= 0.3 is 0 Å². The molecule has 1 unspecified atom stereocenters. The molecular formula is C24H24N4O4S. The lowest BCUT2D eigenvalue weighted by Crippen LogP contribution is -2.46. The number of nitrogens with zero attached hydrogens (tertiary/aromatic N) is 2. The van der Waals surface area contributed by atoms with E-state index in [1.54, 1.807) is 48.8 Å². The molecule has 170 valence electrons. The van der Waals surface area contributed by atoms with Crippen LogP contribution in [-0.2, 0) is 14.6 Å². The number of anilines is 2. The van der Waals surface area contributed by atoms with Crippen LogP contribution in [0.25, 0.3) is 0 Å². The molecule has 1 fully saturated rings. The Kier molecular flexibility index (Phi) is 6.81. The standard InChI is InChI=1S/C24H24N4O4S/c29-23(19-9-11-25-12-10-19)26-20-7-4-8-21(17-20)27-24(30)22(18-5-2-1-3-6-18)28-13-15-33(31,32)16-14-28/h1-12,17,22H,13-16H2,(H,26,29)(H,27,30). The number of hydrogen-bond acceptors (Lipinski definition) is 6. The summed E-state index contributed by atoms with van der Waals surface area (Å²) in [5.74, 6) is -0.490. The molecule has 2 N–H and O–H groups in total. The molecule has 2 aromatic carbocycles. The van der Waals surface area contributed by atoms with Crippen molar-refractivity contribution in [3.05, 3.63) is 90.3 Å². The van der Waals surface area contributed by atoms with E-state index in [1.165, 1.54) is 0 Å². The first-order valence-corrected chi connectivity index (χ1v) is 12.4. The van der Waals surface area contributed by atoms with Gasteiger partial charge in [-0.25, -0.2) is 8.42 Å². The summed E-state index contributed by atoms with van der Waals surface area (Å²) in [7, 11) is -3.07. The Balaban J connectivity index is 1.51. The average molecular weight is 465 g/mol. The van der Waals surface area contributed by atoms with Crippen molar-refractivity contribution in [1.29, 1.82) is 0 Å². The second-order valence-corrected chi connectivity index (χ2v) is 10.1. The maximum atomic E-state index is 13.3. The van der Waals surface area contributed by atoms with Crippen LogP contribution in [0.2, 0.25) is 0 Å². The quantitative estimate of drug-likeness (QED) is 0.581. The number of carbonyl (C=O) groups is 2. The Labute approximate surface area is 192 Å². The highest BCUT2D eigenvalue weighted by molar-refractivity contribution is 7.91. The molecule has 1 saturated heterocycles. The molecular weight excluding hydrogens is 440 g/mol. The summed E-state index contributed by atoms with van der Waals surface area (Å²) in [5, 5.41) is 5.73. The molecule has 1 aliphatic rings. The number of pyridine rings is 1. The molecule has 0 bridgehead atoms. The van der Waals surface area contributed by atoms with Crippen molar-refractivity contribution in [3.63, 3.8) is 0 Å². The van der Waals surface area contributed by atoms with Crippen LogP contribution in [-0.4, -0.2) is 54.7 Å². The lowest BCUT2D eigenvalue weighted by molar-refractivity contribution is -0.121. The third kappa shape index (κ3) is 5.82. The number of aromatic nitrogens is 1. The Morgan fingerprint density at radius 1 is 0.848 bits per heavy atom. The van der Waals surface area contributed by atoms with Gasteiger partial charge in [0.05, 0.1) is 11.5 Å². The zero-order valence-corrected chi connectivity index (χ0v) is 18.7. The molecule has 0 radical (unpaired) electrons. The number of amides is 2. The van der Waals surface area contributed by atoms with Gasteiger partial charge in [-0.3, -0.25) is 19.5 Å². The van der Waals surface area contributed by atoms with Crippen molar-refractivity contribution in [1.82, 2.24) is 9.88 Å². The van der Waals surface area contributed by atoms with Gasteiger partial charge in [0, 0.05) is 42.4 Å². The first-order valence-electron chi connectivity index (χ1n) is 10.5. The topological polar surface area (TPSA) is 108 Å². The molecule has 9 heteroatoms. The highest BCUT2D eigenvalue weighted by Crippen LogP contribution is 2.25. The first-order chi connectivity index (χ1) is 15.9. The summed E-state index contributed by atoms with van der Waals surface area (Å²) in [5.41, 5.74) is 2.33. The van der Waals surface area contributed by atoms with Gasteiger partial charge in [0.1, 0.15) is 6.04 Å². The average Bonchev–Trinajstić information content (AvgIpc) is 2.82. The molecule has 3 aromatic rings. The van der Waals surface area contributed by atoms with E-state index in [0.29, 0.717) is 16.9 Å². The summed E-state index contributed by atoms with van der Waals surface area (Å²) >= 11 is 0. The molecule has 2 heterocycles. The molecule has 1 atom stereocenters. The van der Waals surface area contributed by atoms with Gasteiger partial charge in [-0.05, 0) is 35.9 Å². The van der Waals surface area contributed by atoms with E-state index in [0.717, 1.165) is 5.56 Å². The number of hydrogen-bond donors (Lipinski definition) is 2. The van der Waals surface area contributed by atoms with Crippen molar-refractivity contribution >= 4 is 33.0 Å². The Morgan fingerprint density at radius 3 is 2.15 bits per heavy atom. The largest absolute Gasteiger partial charge is 0.324 e. The highest BCUT2D eigenvalue weighted by Gasteiger charge is 2.32. The minimum absolute atomic E-state index is 0.0279. The van der Waals surface area contributed by atoms with Gasteiger partial charge in [0.25, 0.3) is 5.91 Å². The maximum absolute atomic E-state index is 13.3. The van der Waals surface area contributed by atoms with Gasteiger partial charge in [-0.1, -0.05) is 36.4 Å². The zero-order valence-electron chi connectivity index (χ0n) is 17.8. The lowest BCUT2D eigenvalue weighted by Gasteiger charge is -2.33. The molecule has 1 aromatic heterocycles. The SMILES string of the molecule is O=C(Nc1cccc(NC(=O)C(c2ccccc2)N2CCS(=O)(=O)CC2)c1)c1ccncc1. The monoisotopic (exact) mass is 464 g/mol. The molecule has 1 aliphatic heterocycles. The van der Waals surface area contributed by atoms with Crippen molar-refractivity contribution in [2.24, 2.45) is 0 Å². The Morgan fingerprint density at radius 2 is 1.48 bits per heavy atom. The van der Waals surface area contributed by atoms with Crippen LogP contribution in [0, 0.1) is 0 Å². The number of benzene rings is 2. The second kappa shape index (κ2) is 9.93. The van der Waals surface area contributed by atoms with Gasteiger partial charge in [0.2, 0.25) is 5.91 Å². The van der Waals surface area contributed by atoms with E-state index in [-0.39, 0.29) is 36.4 Å². The maximum Gasteiger partial charge on any atom is 0.255 e. The fourth-order valence-electron chi connectivity index (χ4n) is 3.74. The molecule has 0 spiro atoms. The summed E-state index contributed by atoms with van der Waals surface area (Å²) in [6.45, 7) is 0.578. The predicted octanol–water partition coefficient (Wildman–Crippen LogP) is 2.74. The van der Waals surface area contributed by atoms with Crippen LogP contribution in [0.15, 0.2) is 79.1 Å². The van der Waals surface area contributed by atoms with Crippen LogP contribution in [0.1, 0.15) is 22.0 Å². The third-order valence-electron chi connectivity index (χ3n) is 5.44. The van der Waals surface area contributed by atoms with Crippen LogP contribution in [0.5, 0.6) is 0 Å². The van der Waals surface area contributed by atoms with Crippen molar-refractivity contribution in [3.8, 4) is 0 Å². The fourth-order valence-corrected chi connectivity index (χ4v) is 4.97. The van der Waals surface area contributed by atoms with Gasteiger partial charge < -0.3 is 10.6 Å². The van der Waals surface area contributed by atoms with Crippen LogP contribution < -0.4 is 10.6 Å². The molecule has 0 saturated carbocycles. The zero-order chi connectivity index (χ0) is 23.3. The number of nitrogens with one attached hydrogen (secondary N) is 2. The number of carbonyl (C=O) groups excluding carboxylic acids is 2.